The van der Waals surface area contributed by atoms with E-state index in [2.05, 4.69) is 31.5 Å². The van der Waals surface area contributed by atoms with Gasteiger partial charge in [-0.1, -0.05) is 44.2 Å². The van der Waals surface area contributed by atoms with Crippen molar-refractivity contribution in [2.45, 2.75) is 45.8 Å². The van der Waals surface area contributed by atoms with Crippen LogP contribution in [0, 0.1) is 5.41 Å². The number of hydrogen-bond acceptors (Lipinski definition) is 2. The van der Waals surface area contributed by atoms with Gasteiger partial charge in [-0.25, -0.2) is 0 Å². The van der Waals surface area contributed by atoms with E-state index in [0.717, 1.165) is 0 Å². The molecule has 16 heavy (non-hydrogen) atoms. The van der Waals surface area contributed by atoms with Gasteiger partial charge in [-0.3, -0.25) is 4.84 Å². The number of benzene rings is 1. The molecule has 88 valence electrons. The van der Waals surface area contributed by atoms with Gasteiger partial charge in [-0.15, -0.1) is 0 Å². The van der Waals surface area contributed by atoms with Crippen LogP contribution in [0.15, 0.2) is 30.3 Å². The van der Waals surface area contributed by atoms with E-state index in [0.29, 0.717) is 18.1 Å². The van der Waals surface area contributed by atoms with Crippen LogP contribution in [0.4, 0.5) is 0 Å². The molecule has 1 fully saturated rings. The molecule has 0 bridgehead atoms. The molecule has 0 saturated heterocycles. The molecule has 1 aliphatic rings. The molecule has 2 heteroatoms. The molecule has 1 unspecified atom stereocenters. The van der Waals surface area contributed by atoms with Crippen LogP contribution < -0.4 is 5.48 Å². The maximum absolute atomic E-state index is 5.55. The maximum atomic E-state index is 5.55. The third-order valence-electron chi connectivity index (χ3n) is 3.30. The second-order valence-electron chi connectivity index (χ2n) is 5.50. The molecule has 1 saturated carbocycles. The molecule has 1 N–H and O–H groups in total. The zero-order valence-electron chi connectivity index (χ0n) is 10.2. The summed E-state index contributed by atoms with van der Waals surface area (Å²) in [5.41, 5.74) is 4.88. The van der Waals surface area contributed by atoms with E-state index in [1.165, 1.54) is 24.8 Å². The maximum Gasteiger partial charge on any atom is 0.0933 e. The normalized spacial score (nSPS) is 23.5. The first-order valence-corrected chi connectivity index (χ1v) is 6.07. The average Bonchev–Trinajstić information content (AvgIpc) is 2.60. The van der Waals surface area contributed by atoms with Gasteiger partial charge in [0.2, 0.25) is 0 Å². The third kappa shape index (κ3) is 3.32. The Labute approximate surface area is 98.0 Å². The molecule has 2 nitrogen and oxygen atoms in total. The Morgan fingerprint density at radius 3 is 2.69 bits per heavy atom. The smallest absolute Gasteiger partial charge is 0.0933 e. The Kier molecular flexibility index (Phi) is 3.62. The van der Waals surface area contributed by atoms with Gasteiger partial charge in [-0.05, 0) is 30.2 Å². The Morgan fingerprint density at radius 2 is 2.06 bits per heavy atom. The lowest BCUT2D eigenvalue weighted by Crippen LogP contribution is -2.27. The van der Waals surface area contributed by atoms with E-state index in [1.807, 2.05) is 18.2 Å². The first-order valence-electron chi connectivity index (χ1n) is 6.07. The Bertz CT molecular complexity index is 321. The zero-order valence-corrected chi connectivity index (χ0v) is 10.2. The highest BCUT2D eigenvalue weighted by atomic mass is 16.6. The zero-order chi connectivity index (χ0) is 11.4. The topological polar surface area (TPSA) is 21.3 Å². The minimum atomic E-state index is 0.480. The second-order valence-corrected chi connectivity index (χ2v) is 5.50. The summed E-state index contributed by atoms with van der Waals surface area (Å²) >= 11 is 0. The van der Waals surface area contributed by atoms with Gasteiger partial charge >= 0.3 is 0 Å². The van der Waals surface area contributed by atoms with Crippen LogP contribution in [-0.2, 0) is 11.4 Å². The van der Waals surface area contributed by atoms with Crippen LogP contribution in [0.3, 0.4) is 0 Å². The minimum absolute atomic E-state index is 0.480. The molecule has 0 aliphatic heterocycles. The van der Waals surface area contributed by atoms with Gasteiger partial charge in [0.15, 0.2) is 0 Å². The first-order chi connectivity index (χ1) is 7.66. The van der Waals surface area contributed by atoms with Crippen molar-refractivity contribution in [3.05, 3.63) is 35.9 Å². The Hall–Kier alpha value is -0.860. The van der Waals surface area contributed by atoms with E-state index >= 15 is 0 Å². The Morgan fingerprint density at radius 1 is 1.31 bits per heavy atom. The summed E-state index contributed by atoms with van der Waals surface area (Å²) < 4.78 is 0. The number of nitrogens with one attached hydrogen (secondary N) is 1. The molecule has 0 amide bonds. The fourth-order valence-corrected chi connectivity index (χ4v) is 2.35. The standard InChI is InChI=1S/C14H21NO/c1-14(2)9-8-13(10-14)15-16-11-12-6-4-3-5-7-12/h3-7,13,15H,8-11H2,1-2H3. The lowest BCUT2D eigenvalue weighted by atomic mass is 9.92. The van der Waals surface area contributed by atoms with Crippen molar-refractivity contribution in [2.24, 2.45) is 5.41 Å². The molecular formula is C14H21NO. The van der Waals surface area contributed by atoms with E-state index in [4.69, 9.17) is 4.84 Å². The SMILES string of the molecule is CC1(C)CCC(NOCc2ccccc2)C1. The second kappa shape index (κ2) is 4.98. The molecular weight excluding hydrogens is 198 g/mol. The van der Waals surface area contributed by atoms with Crippen LogP contribution in [0.1, 0.15) is 38.7 Å². The van der Waals surface area contributed by atoms with Crippen molar-refractivity contribution < 1.29 is 4.84 Å². The van der Waals surface area contributed by atoms with Gasteiger partial charge in [0.05, 0.1) is 6.61 Å². The van der Waals surface area contributed by atoms with Gasteiger partial charge in [-0.2, -0.15) is 5.48 Å². The molecule has 0 radical (unpaired) electrons. The van der Waals surface area contributed by atoms with Crippen LogP contribution in [0.5, 0.6) is 0 Å². The molecule has 1 aromatic rings. The van der Waals surface area contributed by atoms with Gasteiger partial charge in [0, 0.05) is 6.04 Å². The van der Waals surface area contributed by atoms with Gasteiger partial charge in [0.1, 0.15) is 0 Å². The van der Waals surface area contributed by atoms with Crippen molar-refractivity contribution in [2.75, 3.05) is 0 Å². The summed E-state index contributed by atoms with van der Waals surface area (Å²) in [5.74, 6) is 0. The minimum Gasteiger partial charge on any atom is -0.297 e. The molecule has 1 aromatic carbocycles. The monoisotopic (exact) mass is 219 g/mol. The number of hydroxylamine groups is 1. The Balaban J connectivity index is 1.70. The van der Waals surface area contributed by atoms with E-state index in [9.17, 15) is 0 Å². The highest BCUT2D eigenvalue weighted by Crippen LogP contribution is 2.36. The highest BCUT2D eigenvalue weighted by molar-refractivity contribution is 5.13. The predicted octanol–water partition coefficient (Wildman–Crippen LogP) is 3.29. The van der Waals surface area contributed by atoms with Crippen molar-refractivity contribution in [1.82, 2.24) is 5.48 Å². The highest BCUT2D eigenvalue weighted by Gasteiger charge is 2.30. The predicted molar refractivity (Wildman–Crippen MR) is 65.8 cm³/mol. The fourth-order valence-electron chi connectivity index (χ4n) is 2.35. The van der Waals surface area contributed by atoms with Crippen molar-refractivity contribution in [1.29, 1.82) is 0 Å². The summed E-state index contributed by atoms with van der Waals surface area (Å²) in [4.78, 5) is 5.55. The van der Waals surface area contributed by atoms with Crippen molar-refractivity contribution >= 4 is 0 Å². The molecule has 0 spiro atoms. The molecule has 0 aromatic heterocycles. The lowest BCUT2D eigenvalue weighted by molar-refractivity contribution is 0.00307. The fraction of sp³-hybridized carbons (Fsp3) is 0.571. The average molecular weight is 219 g/mol. The molecule has 1 atom stereocenters. The van der Waals surface area contributed by atoms with Crippen LogP contribution >= 0.6 is 0 Å². The van der Waals surface area contributed by atoms with Crippen LogP contribution in [0.2, 0.25) is 0 Å². The van der Waals surface area contributed by atoms with Crippen molar-refractivity contribution in [3.63, 3.8) is 0 Å². The summed E-state index contributed by atoms with van der Waals surface area (Å²) in [7, 11) is 0. The number of hydrogen-bond donors (Lipinski definition) is 1. The molecule has 0 heterocycles. The van der Waals surface area contributed by atoms with Crippen molar-refractivity contribution in [3.8, 4) is 0 Å². The first kappa shape index (κ1) is 11.6. The quantitative estimate of drug-likeness (QED) is 0.785. The van der Waals surface area contributed by atoms with Gasteiger partial charge in [0.25, 0.3) is 0 Å². The van der Waals surface area contributed by atoms with E-state index in [-0.39, 0.29) is 0 Å². The van der Waals surface area contributed by atoms with E-state index in [1.54, 1.807) is 0 Å². The summed E-state index contributed by atoms with van der Waals surface area (Å²) in [6.45, 7) is 5.30. The molecule has 2 rings (SSSR count). The van der Waals surface area contributed by atoms with Crippen LogP contribution in [-0.4, -0.2) is 6.04 Å². The third-order valence-corrected chi connectivity index (χ3v) is 3.30. The van der Waals surface area contributed by atoms with Gasteiger partial charge < -0.3 is 0 Å². The summed E-state index contributed by atoms with van der Waals surface area (Å²) in [5, 5.41) is 0. The summed E-state index contributed by atoms with van der Waals surface area (Å²) in [6, 6.07) is 10.8. The van der Waals surface area contributed by atoms with Crippen LogP contribution in [0.25, 0.3) is 0 Å². The lowest BCUT2D eigenvalue weighted by Gasteiger charge is -2.17. The molecule has 1 aliphatic carbocycles. The van der Waals surface area contributed by atoms with E-state index < -0.39 is 0 Å². The number of rotatable bonds is 4. The summed E-state index contributed by atoms with van der Waals surface area (Å²) in [6.07, 6.45) is 3.73. The largest absolute Gasteiger partial charge is 0.297 e.